The van der Waals surface area contributed by atoms with E-state index in [0.29, 0.717) is 18.8 Å². The van der Waals surface area contributed by atoms with Crippen LogP contribution in [-0.2, 0) is 0 Å². The van der Waals surface area contributed by atoms with Gasteiger partial charge in [0.25, 0.3) is 0 Å². The van der Waals surface area contributed by atoms with Crippen LogP contribution in [0.5, 0.6) is 0 Å². The smallest absolute Gasteiger partial charge is 0.393 e. The van der Waals surface area contributed by atoms with E-state index in [-0.39, 0.29) is 24.5 Å². The lowest BCUT2D eigenvalue weighted by Gasteiger charge is -2.36. The van der Waals surface area contributed by atoms with Gasteiger partial charge in [0.15, 0.2) is 0 Å². The summed E-state index contributed by atoms with van der Waals surface area (Å²) in [6.07, 6.45) is -4.23. The fraction of sp³-hybridized carbons (Fsp3) is 0.500. The van der Waals surface area contributed by atoms with E-state index in [0.717, 1.165) is 0 Å². The molecule has 9 heteroatoms. The van der Waals surface area contributed by atoms with Crippen LogP contribution in [0.3, 0.4) is 0 Å². The number of anilines is 2. The van der Waals surface area contributed by atoms with Gasteiger partial charge in [-0.25, -0.2) is 0 Å². The highest BCUT2D eigenvalue weighted by Crippen LogP contribution is 2.34. The molecule has 116 valence electrons. The molecule has 0 radical (unpaired) electrons. The van der Waals surface area contributed by atoms with E-state index in [2.05, 4.69) is 0 Å². The number of halogens is 3. The molecule has 1 aliphatic heterocycles. The van der Waals surface area contributed by atoms with Gasteiger partial charge >= 0.3 is 11.9 Å². The topological polar surface area (TPSA) is 75.6 Å². The molecule has 1 aliphatic rings. The molecule has 1 heterocycles. The molecule has 2 N–H and O–H groups in total. The third-order valence-corrected chi connectivity index (χ3v) is 3.34. The molecule has 1 saturated heterocycles. The highest BCUT2D eigenvalue weighted by atomic mass is 19.4. The monoisotopic (exact) mass is 304 g/mol. The quantitative estimate of drug-likeness (QED) is 0.524. The molecule has 0 amide bonds. The van der Waals surface area contributed by atoms with Gasteiger partial charge in [-0.15, -0.1) is 0 Å². The van der Waals surface area contributed by atoms with Crippen LogP contribution in [-0.4, -0.2) is 48.7 Å². The summed E-state index contributed by atoms with van der Waals surface area (Å²) in [5.74, 6) is 0. The Labute approximate surface area is 119 Å². The molecule has 21 heavy (non-hydrogen) atoms. The summed E-state index contributed by atoms with van der Waals surface area (Å²) in [5.41, 5.74) is 5.82. The molecule has 1 aromatic carbocycles. The largest absolute Gasteiger partial charge is 0.401 e. The van der Waals surface area contributed by atoms with Crippen LogP contribution in [0.2, 0.25) is 0 Å². The van der Waals surface area contributed by atoms with E-state index in [9.17, 15) is 23.3 Å². The second-order valence-corrected chi connectivity index (χ2v) is 4.85. The number of hydrogen-bond acceptors (Lipinski definition) is 5. The van der Waals surface area contributed by atoms with Gasteiger partial charge < -0.3 is 10.6 Å². The number of piperazine rings is 1. The molecular formula is C12H15F3N4O2. The molecule has 0 aromatic heterocycles. The average Bonchev–Trinajstić information content (AvgIpc) is 2.37. The molecule has 2 rings (SSSR count). The third-order valence-electron chi connectivity index (χ3n) is 3.34. The number of nitrogen functional groups attached to an aromatic ring is 1. The average molecular weight is 304 g/mol. The number of nitro groups is 1. The van der Waals surface area contributed by atoms with Crippen LogP contribution < -0.4 is 10.6 Å². The first-order chi connectivity index (χ1) is 9.78. The minimum atomic E-state index is -4.23. The van der Waals surface area contributed by atoms with Crippen LogP contribution in [0, 0.1) is 10.1 Å². The van der Waals surface area contributed by atoms with Gasteiger partial charge in [-0.2, -0.15) is 13.2 Å². The standard InChI is InChI=1S/C12H15F3N4O2/c13-12(14,15)8-17-4-6-18(7-5-17)10-3-1-2-9(16)11(10)19(20)21/h1-3H,4-8,16H2. The Hall–Kier alpha value is -2.03. The highest BCUT2D eigenvalue weighted by Gasteiger charge is 2.33. The second-order valence-electron chi connectivity index (χ2n) is 4.85. The van der Waals surface area contributed by atoms with Crippen molar-refractivity contribution in [1.29, 1.82) is 0 Å². The van der Waals surface area contributed by atoms with Crippen molar-refractivity contribution in [1.82, 2.24) is 4.90 Å². The third kappa shape index (κ3) is 3.75. The fourth-order valence-electron chi connectivity index (χ4n) is 2.40. The Morgan fingerprint density at radius 1 is 1.24 bits per heavy atom. The summed E-state index contributed by atoms with van der Waals surface area (Å²) in [7, 11) is 0. The van der Waals surface area contributed by atoms with Crippen molar-refractivity contribution in [3.05, 3.63) is 28.3 Å². The normalized spacial score (nSPS) is 17.0. The highest BCUT2D eigenvalue weighted by molar-refractivity contribution is 5.75. The first kappa shape index (κ1) is 15.4. The van der Waals surface area contributed by atoms with Crippen LogP contribution in [0.15, 0.2) is 18.2 Å². The van der Waals surface area contributed by atoms with Crippen LogP contribution in [0.1, 0.15) is 0 Å². The first-order valence-corrected chi connectivity index (χ1v) is 6.35. The summed E-state index contributed by atoms with van der Waals surface area (Å²) >= 11 is 0. The Balaban J connectivity index is 2.10. The number of nitro benzene ring substituents is 1. The summed E-state index contributed by atoms with van der Waals surface area (Å²) in [5, 5.41) is 11.1. The number of para-hydroxylation sites is 1. The minimum Gasteiger partial charge on any atom is -0.393 e. The lowest BCUT2D eigenvalue weighted by Crippen LogP contribution is -2.49. The zero-order chi connectivity index (χ0) is 15.6. The van der Waals surface area contributed by atoms with Crippen molar-refractivity contribution in [3.63, 3.8) is 0 Å². The van der Waals surface area contributed by atoms with Gasteiger partial charge in [-0.1, -0.05) is 6.07 Å². The lowest BCUT2D eigenvalue weighted by molar-refractivity contribution is -0.383. The predicted molar refractivity (Wildman–Crippen MR) is 72.2 cm³/mol. The maximum absolute atomic E-state index is 12.3. The fourth-order valence-corrected chi connectivity index (χ4v) is 2.40. The van der Waals surface area contributed by atoms with E-state index < -0.39 is 17.6 Å². The van der Waals surface area contributed by atoms with Gasteiger partial charge in [0.05, 0.1) is 11.5 Å². The Bertz CT molecular complexity index is 528. The second kappa shape index (κ2) is 5.76. The molecule has 0 saturated carbocycles. The Morgan fingerprint density at radius 3 is 2.38 bits per heavy atom. The Morgan fingerprint density at radius 2 is 1.86 bits per heavy atom. The zero-order valence-corrected chi connectivity index (χ0v) is 11.1. The molecule has 0 bridgehead atoms. The van der Waals surface area contributed by atoms with Crippen LogP contribution in [0.25, 0.3) is 0 Å². The molecule has 1 fully saturated rings. The van der Waals surface area contributed by atoms with Gasteiger partial charge in [-0.05, 0) is 12.1 Å². The minimum absolute atomic E-state index is 0.0511. The number of benzene rings is 1. The van der Waals surface area contributed by atoms with Crippen molar-refractivity contribution < 1.29 is 18.1 Å². The first-order valence-electron chi connectivity index (χ1n) is 6.35. The number of alkyl halides is 3. The maximum Gasteiger partial charge on any atom is 0.401 e. The van der Waals surface area contributed by atoms with E-state index in [1.165, 1.54) is 11.0 Å². The molecule has 0 aliphatic carbocycles. The number of nitrogens with zero attached hydrogens (tertiary/aromatic N) is 3. The van der Waals surface area contributed by atoms with Crippen molar-refractivity contribution in [2.24, 2.45) is 0 Å². The van der Waals surface area contributed by atoms with E-state index in [1.54, 1.807) is 17.0 Å². The lowest BCUT2D eigenvalue weighted by atomic mass is 10.2. The molecule has 0 spiro atoms. The molecule has 1 aromatic rings. The number of nitrogens with two attached hydrogens (primary N) is 1. The molecular weight excluding hydrogens is 289 g/mol. The van der Waals surface area contributed by atoms with Crippen molar-refractivity contribution in [3.8, 4) is 0 Å². The summed E-state index contributed by atoms with van der Waals surface area (Å²) in [6.45, 7) is 0.0253. The van der Waals surface area contributed by atoms with Crippen molar-refractivity contribution in [2.75, 3.05) is 43.4 Å². The number of rotatable bonds is 3. The molecule has 6 nitrogen and oxygen atoms in total. The number of hydrogen-bond donors (Lipinski definition) is 1. The van der Waals surface area contributed by atoms with Gasteiger partial charge in [0, 0.05) is 26.2 Å². The van der Waals surface area contributed by atoms with Crippen LogP contribution in [0.4, 0.5) is 30.2 Å². The van der Waals surface area contributed by atoms with E-state index in [1.807, 2.05) is 0 Å². The molecule has 0 unspecified atom stereocenters. The SMILES string of the molecule is Nc1cccc(N2CCN(CC(F)(F)F)CC2)c1[N+](=O)[O-]. The summed E-state index contributed by atoms with van der Waals surface area (Å²) in [4.78, 5) is 13.5. The Kier molecular flexibility index (Phi) is 4.21. The van der Waals surface area contributed by atoms with Gasteiger partial charge in [-0.3, -0.25) is 15.0 Å². The summed E-state index contributed by atoms with van der Waals surface area (Å²) in [6, 6.07) is 4.59. The van der Waals surface area contributed by atoms with Gasteiger partial charge in [0.1, 0.15) is 11.4 Å². The summed E-state index contributed by atoms with van der Waals surface area (Å²) < 4.78 is 37.0. The van der Waals surface area contributed by atoms with E-state index >= 15 is 0 Å². The van der Waals surface area contributed by atoms with Crippen LogP contribution >= 0.6 is 0 Å². The van der Waals surface area contributed by atoms with Crippen molar-refractivity contribution >= 4 is 17.1 Å². The zero-order valence-electron chi connectivity index (χ0n) is 11.1. The van der Waals surface area contributed by atoms with Crippen molar-refractivity contribution in [2.45, 2.75) is 6.18 Å². The maximum atomic E-state index is 12.3. The van der Waals surface area contributed by atoms with Gasteiger partial charge in [0.2, 0.25) is 0 Å². The van der Waals surface area contributed by atoms with E-state index in [4.69, 9.17) is 5.73 Å². The molecule has 0 atom stereocenters. The predicted octanol–water partition coefficient (Wildman–Crippen LogP) is 1.86.